The number of rotatable bonds is 5. The molecule has 6 heteroatoms. The summed E-state index contributed by atoms with van der Waals surface area (Å²) in [6.07, 6.45) is 2.78. The van der Waals surface area contributed by atoms with Crippen LogP contribution in [0.25, 0.3) is 0 Å². The standard InChI is InChI=1S/C15H23BrN2O2S/c1-4-13-6-5-7-18(13)21(19,20)14-9-12(10-17-3)8-11(2)15(14)16/h8-9,13,17H,4-7,10H2,1-3H3. The molecule has 1 aromatic carbocycles. The molecule has 1 unspecified atom stereocenters. The summed E-state index contributed by atoms with van der Waals surface area (Å²) in [4.78, 5) is 0.396. The molecule has 0 amide bonds. The van der Waals surface area contributed by atoms with Crippen molar-refractivity contribution in [2.75, 3.05) is 13.6 Å². The van der Waals surface area contributed by atoms with Gasteiger partial charge in [0, 0.05) is 23.6 Å². The summed E-state index contributed by atoms with van der Waals surface area (Å²) in [5.74, 6) is 0. The molecule has 1 aliphatic rings. The number of hydrogen-bond acceptors (Lipinski definition) is 3. The molecular formula is C15H23BrN2O2S. The lowest BCUT2D eigenvalue weighted by Crippen LogP contribution is -2.35. The fraction of sp³-hybridized carbons (Fsp3) is 0.600. The van der Waals surface area contributed by atoms with Crippen molar-refractivity contribution in [2.24, 2.45) is 0 Å². The molecule has 1 N–H and O–H groups in total. The maximum absolute atomic E-state index is 13.0. The van der Waals surface area contributed by atoms with Gasteiger partial charge in [0.2, 0.25) is 10.0 Å². The molecule has 1 atom stereocenters. The first kappa shape index (κ1) is 16.9. The second kappa shape index (κ2) is 6.77. The van der Waals surface area contributed by atoms with E-state index in [1.54, 1.807) is 10.4 Å². The fourth-order valence-electron chi connectivity index (χ4n) is 2.96. The number of nitrogens with one attached hydrogen (secondary N) is 1. The Bertz CT molecular complexity index is 616. The first-order valence-electron chi connectivity index (χ1n) is 7.37. The fourth-order valence-corrected chi connectivity index (χ4v) is 5.76. The van der Waals surface area contributed by atoms with E-state index in [2.05, 4.69) is 28.2 Å². The highest BCUT2D eigenvalue weighted by Crippen LogP contribution is 2.33. The maximum Gasteiger partial charge on any atom is 0.244 e. The molecule has 1 fully saturated rings. The predicted octanol–water partition coefficient (Wildman–Crippen LogP) is 3.04. The predicted molar refractivity (Wildman–Crippen MR) is 88.8 cm³/mol. The van der Waals surface area contributed by atoms with Gasteiger partial charge in [-0.05, 0) is 66.4 Å². The minimum atomic E-state index is -3.44. The van der Waals surface area contributed by atoms with E-state index in [1.165, 1.54) is 0 Å². The lowest BCUT2D eigenvalue weighted by molar-refractivity contribution is 0.379. The van der Waals surface area contributed by atoms with E-state index in [0.717, 1.165) is 30.4 Å². The van der Waals surface area contributed by atoms with Crippen LogP contribution in [0.4, 0.5) is 0 Å². The zero-order valence-corrected chi connectivity index (χ0v) is 15.2. The Morgan fingerprint density at radius 1 is 1.43 bits per heavy atom. The van der Waals surface area contributed by atoms with Crippen LogP contribution in [0.5, 0.6) is 0 Å². The summed E-state index contributed by atoms with van der Waals surface area (Å²) in [6, 6.07) is 3.93. The number of nitrogens with zero attached hydrogens (tertiary/aromatic N) is 1. The van der Waals surface area contributed by atoms with E-state index in [4.69, 9.17) is 0 Å². The van der Waals surface area contributed by atoms with Gasteiger partial charge in [0.1, 0.15) is 0 Å². The van der Waals surface area contributed by atoms with E-state index >= 15 is 0 Å². The smallest absolute Gasteiger partial charge is 0.244 e. The molecular weight excluding hydrogens is 352 g/mol. The lowest BCUT2D eigenvalue weighted by atomic mass is 10.1. The van der Waals surface area contributed by atoms with Crippen LogP contribution in [-0.2, 0) is 16.6 Å². The number of hydrogen-bond donors (Lipinski definition) is 1. The molecule has 0 saturated carbocycles. The van der Waals surface area contributed by atoms with Gasteiger partial charge in [-0.15, -0.1) is 0 Å². The van der Waals surface area contributed by atoms with Crippen molar-refractivity contribution in [2.45, 2.75) is 50.6 Å². The lowest BCUT2D eigenvalue weighted by Gasteiger charge is -2.24. The van der Waals surface area contributed by atoms with E-state index in [9.17, 15) is 8.42 Å². The Morgan fingerprint density at radius 2 is 2.14 bits per heavy atom. The van der Waals surface area contributed by atoms with E-state index in [-0.39, 0.29) is 6.04 Å². The van der Waals surface area contributed by atoms with Gasteiger partial charge in [0.05, 0.1) is 4.90 Å². The van der Waals surface area contributed by atoms with Crippen LogP contribution in [0, 0.1) is 6.92 Å². The van der Waals surface area contributed by atoms with Crippen LogP contribution in [0.2, 0.25) is 0 Å². The van der Waals surface area contributed by atoms with Gasteiger partial charge in [-0.3, -0.25) is 0 Å². The van der Waals surface area contributed by atoms with Gasteiger partial charge in [-0.2, -0.15) is 4.31 Å². The molecule has 0 bridgehead atoms. The largest absolute Gasteiger partial charge is 0.316 e. The number of halogens is 1. The summed E-state index contributed by atoms with van der Waals surface area (Å²) in [7, 11) is -1.58. The Labute approximate surface area is 136 Å². The summed E-state index contributed by atoms with van der Waals surface area (Å²) in [6.45, 7) is 5.27. The maximum atomic E-state index is 13.0. The molecule has 1 heterocycles. The van der Waals surface area contributed by atoms with Gasteiger partial charge in [-0.25, -0.2) is 8.42 Å². The SMILES string of the molecule is CCC1CCCN1S(=O)(=O)c1cc(CNC)cc(C)c1Br. The molecule has 0 spiro atoms. The van der Waals surface area contributed by atoms with Crippen molar-refractivity contribution in [3.8, 4) is 0 Å². The van der Waals surface area contributed by atoms with E-state index < -0.39 is 10.0 Å². The molecule has 0 aromatic heterocycles. The van der Waals surface area contributed by atoms with Crippen LogP contribution < -0.4 is 5.32 Å². The zero-order valence-electron chi connectivity index (χ0n) is 12.8. The molecule has 21 heavy (non-hydrogen) atoms. The Morgan fingerprint density at radius 3 is 2.76 bits per heavy atom. The summed E-state index contributed by atoms with van der Waals surface area (Å²) >= 11 is 3.46. The quantitative estimate of drug-likeness (QED) is 0.861. The molecule has 0 radical (unpaired) electrons. The minimum absolute atomic E-state index is 0.134. The average Bonchev–Trinajstić information content (AvgIpc) is 2.92. The van der Waals surface area contributed by atoms with Crippen molar-refractivity contribution in [1.29, 1.82) is 0 Å². The highest BCUT2D eigenvalue weighted by molar-refractivity contribution is 9.10. The second-order valence-electron chi connectivity index (χ2n) is 5.58. The average molecular weight is 375 g/mol. The number of sulfonamides is 1. The van der Waals surface area contributed by atoms with Crippen LogP contribution in [0.15, 0.2) is 21.5 Å². The highest BCUT2D eigenvalue weighted by Gasteiger charge is 2.35. The van der Waals surface area contributed by atoms with Crippen molar-refractivity contribution >= 4 is 26.0 Å². The van der Waals surface area contributed by atoms with Crippen LogP contribution in [-0.4, -0.2) is 32.4 Å². The molecule has 4 nitrogen and oxygen atoms in total. The van der Waals surface area contributed by atoms with Gasteiger partial charge >= 0.3 is 0 Å². The highest BCUT2D eigenvalue weighted by atomic mass is 79.9. The summed E-state index contributed by atoms with van der Waals surface area (Å²) in [5.41, 5.74) is 1.94. The molecule has 1 aromatic rings. The van der Waals surface area contributed by atoms with Crippen LogP contribution in [0.1, 0.15) is 37.3 Å². The molecule has 0 aliphatic carbocycles. The third kappa shape index (κ3) is 3.33. The Balaban J connectivity index is 2.48. The van der Waals surface area contributed by atoms with Gasteiger partial charge in [0.25, 0.3) is 0 Å². The number of benzene rings is 1. The van der Waals surface area contributed by atoms with Crippen molar-refractivity contribution in [3.63, 3.8) is 0 Å². The number of aryl methyl sites for hydroxylation is 1. The summed E-state index contributed by atoms with van der Waals surface area (Å²) in [5, 5.41) is 3.08. The first-order valence-corrected chi connectivity index (χ1v) is 9.60. The van der Waals surface area contributed by atoms with Crippen LogP contribution in [0.3, 0.4) is 0 Å². The monoisotopic (exact) mass is 374 g/mol. The van der Waals surface area contributed by atoms with E-state index in [1.807, 2.05) is 20.0 Å². The molecule has 1 saturated heterocycles. The molecule has 118 valence electrons. The second-order valence-corrected chi connectivity index (χ2v) is 8.23. The molecule has 2 rings (SSSR count). The Hall–Kier alpha value is -0.430. The van der Waals surface area contributed by atoms with Crippen molar-refractivity contribution in [1.82, 2.24) is 9.62 Å². The third-order valence-electron chi connectivity index (χ3n) is 4.04. The van der Waals surface area contributed by atoms with Gasteiger partial charge in [-0.1, -0.05) is 13.0 Å². The van der Waals surface area contributed by atoms with Gasteiger partial charge < -0.3 is 5.32 Å². The van der Waals surface area contributed by atoms with Crippen molar-refractivity contribution in [3.05, 3.63) is 27.7 Å². The first-order chi connectivity index (χ1) is 9.91. The topological polar surface area (TPSA) is 49.4 Å². The van der Waals surface area contributed by atoms with Crippen LogP contribution >= 0.6 is 15.9 Å². The minimum Gasteiger partial charge on any atom is -0.316 e. The van der Waals surface area contributed by atoms with Crippen molar-refractivity contribution < 1.29 is 8.42 Å². The normalized spacial score (nSPS) is 20.1. The summed E-state index contributed by atoms with van der Waals surface area (Å²) < 4.78 is 28.4. The van der Waals surface area contributed by atoms with Gasteiger partial charge in [0.15, 0.2) is 0 Å². The molecule has 1 aliphatic heterocycles. The van der Waals surface area contributed by atoms with E-state index in [0.29, 0.717) is 22.5 Å². The Kier molecular flexibility index (Phi) is 5.46. The third-order valence-corrected chi connectivity index (χ3v) is 7.33. The zero-order chi connectivity index (χ0) is 15.6.